The number of allylic oxidation sites excluding steroid dienone is 1. The zero-order valence-electron chi connectivity index (χ0n) is 25.3. The average Bonchev–Trinajstić information content (AvgIpc) is 3.04. The van der Waals surface area contributed by atoms with Crippen molar-refractivity contribution in [1.82, 2.24) is 5.32 Å². The Morgan fingerprint density at radius 1 is 1.17 bits per heavy atom. The molecule has 3 aliphatic rings. The summed E-state index contributed by atoms with van der Waals surface area (Å²) in [6, 6.07) is 0. The molecule has 11 N–H and O–H groups in total. The van der Waals surface area contributed by atoms with Crippen LogP contribution in [0, 0.1) is 11.8 Å². The Hall–Kier alpha value is -3.65. The smallest absolute Gasteiger partial charge is 0.343 e. The Morgan fingerprint density at radius 2 is 1.91 bits per heavy atom. The van der Waals surface area contributed by atoms with E-state index in [2.05, 4.69) is 16.9 Å². The van der Waals surface area contributed by atoms with Crippen LogP contribution < -0.4 is 16.0 Å². The van der Waals surface area contributed by atoms with Crippen LogP contribution in [0.2, 0.25) is 0 Å². The van der Waals surface area contributed by atoms with Gasteiger partial charge in [-0.15, -0.1) is 6.58 Å². The Bertz CT molecular complexity index is 1250. The van der Waals surface area contributed by atoms with Gasteiger partial charge in [-0.05, 0) is 6.42 Å². The van der Waals surface area contributed by atoms with E-state index in [1.165, 1.54) is 19.4 Å². The first-order chi connectivity index (χ1) is 22.0. The summed E-state index contributed by atoms with van der Waals surface area (Å²) in [5.74, 6) is -3.83. The van der Waals surface area contributed by atoms with Crippen molar-refractivity contribution < 1.29 is 69.2 Å². The zero-order chi connectivity index (χ0) is 34.0. The minimum atomic E-state index is -1.72. The van der Waals surface area contributed by atoms with Gasteiger partial charge in [0.2, 0.25) is 6.29 Å². The number of hydrogen-bond donors (Lipinski definition) is 10. The van der Waals surface area contributed by atoms with Crippen LogP contribution >= 0.6 is 0 Å². The highest BCUT2D eigenvalue weighted by Crippen LogP contribution is 2.36. The molecule has 0 saturated carbocycles. The van der Waals surface area contributed by atoms with Crippen LogP contribution in [0.4, 0.5) is 0 Å². The summed E-state index contributed by atoms with van der Waals surface area (Å²) in [6.07, 6.45) is -1.64. The minimum absolute atomic E-state index is 0.0434. The quantitative estimate of drug-likeness (QED) is 0.0278. The number of carbonyl (C=O) groups excluding carboxylic acids is 1. The fraction of sp³-hybridized carbons (Fsp3) is 0.552. The Morgan fingerprint density at radius 3 is 2.52 bits per heavy atom. The van der Waals surface area contributed by atoms with Crippen molar-refractivity contribution in [2.24, 2.45) is 22.6 Å². The summed E-state index contributed by atoms with van der Waals surface area (Å²) in [5, 5.41) is 71.8. The van der Waals surface area contributed by atoms with Crippen molar-refractivity contribution in [1.29, 1.82) is 0 Å². The van der Waals surface area contributed by atoms with Gasteiger partial charge in [-0.25, -0.2) is 9.59 Å². The molecule has 0 aromatic rings. The third-order valence-electron chi connectivity index (χ3n) is 7.60. The van der Waals surface area contributed by atoms with Gasteiger partial charge in [0.25, 0.3) is 0 Å². The Balaban J connectivity index is 2.02. The number of ether oxygens (including phenoxy) is 4. The highest BCUT2D eigenvalue weighted by Gasteiger charge is 2.47. The summed E-state index contributed by atoms with van der Waals surface area (Å²) in [5.41, 5.74) is 6.46. The Labute approximate surface area is 264 Å². The number of nitrogens with zero attached hydrogens (tertiary/aromatic N) is 1. The Kier molecular flexibility index (Phi) is 13.9. The number of nitrogens with two attached hydrogens (primary N) is 1. The number of guanidine groups is 1. The molecule has 46 heavy (non-hydrogen) atoms. The molecule has 0 amide bonds. The summed E-state index contributed by atoms with van der Waals surface area (Å²) < 4.78 is 21.9. The van der Waals surface area contributed by atoms with Crippen molar-refractivity contribution in [2.75, 3.05) is 46.6 Å². The molecule has 3 aliphatic heterocycles. The highest BCUT2D eigenvalue weighted by molar-refractivity contribution is 5.94. The second-order valence-corrected chi connectivity index (χ2v) is 10.6. The highest BCUT2D eigenvalue weighted by atomic mass is 16.8. The monoisotopic (exact) mass is 655 g/mol. The van der Waals surface area contributed by atoms with Crippen molar-refractivity contribution in [2.45, 2.75) is 43.4 Å². The van der Waals surface area contributed by atoms with Gasteiger partial charge in [0.15, 0.2) is 12.2 Å². The van der Waals surface area contributed by atoms with E-state index in [9.17, 15) is 40.2 Å². The zero-order valence-corrected chi connectivity index (χ0v) is 25.3. The number of methoxy groups -OCH3 is 1. The van der Waals surface area contributed by atoms with E-state index < -0.39 is 67.4 Å². The van der Waals surface area contributed by atoms with Crippen LogP contribution in [-0.4, -0.2) is 137 Å². The maximum Gasteiger partial charge on any atom is 0.343 e. The standard InChI is InChI=1S/C29H42N4O13/c1-3-16-17(19(26(42)43-2)14-44-27(16)46-28-24(39)23(38)22(37)20(13-36)45-28)6-5-15-11-33(8-10-35)12-18(25(40)41)21(15)32-29(30)31-7-4-9-34/h3,5-6,12,14,16-17,20,22-24,27-28,34-39H,1,4,7-11,13H2,2H3,(H,40,41)(H3,30,31,32)/p+1/b6-5+/t16-,17+,20-,22-,23+,24-,27+,28+/m1/s1. The number of aliphatic carboxylic acids is 1. The molecule has 3 rings (SSSR count). The van der Waals surface area contributed by atoms with Crippen LogP contribution in [0.3, 0.4) is 0 Å². The molecule has 0 radical (unpaired) electrons. The minimum Gasteiger partial charge on any atom is -0.477 e. The van der Waals surface area contributed by atoms with Crippen molar-refractivity contribution in [3.05, 3.63) is 59.7 Å². The number of aliphatic hydroxyl groups is 6. The van der Waals surface area contributed by atoms with Gasteiger partial charge in [-0.1, -0.05) is 18.2 Å². The lowest BCUT2D eigenvalue weighted by Crippen LogP contribution is -3.09. The van der Waals surface area contributed by atoms with Crippen molar-refractivity contribution >= 4 is 17.9 Å². The summed E-state index contributed by atoms with van der Waals surface area (Å²) >= 11 is 0. The topological polar surface area (TPSA) is 268 Å². The van der Waals surface area contributed by atoms with Crippen LogP contribution in [0.5, 0.6) is 0 Å². The molecule has 1 fully saturated rings. The normalized spacial score (nSPS) is 32.0. The predicted octanol–water partition coefficient (Wildman–Crippen LogP) is -4.41. The van der Waals surface area contributed by atoms with Crippen LogP contribution in [0.1, 0.15) is 6.42 Å². The van der Waals surface area contributed by atoms with Gasteiger partial charge in [0, 0.05) is 24.6 Å². The van der Waals surface area contributed by atoms with Crippen LogP contribution in [-0.2, 0) is 28.5 Å². The number of hydrogen-bond acceptors (Lipinski definition) is 13. The molecule has 17 nitrogen and oxygen atoms in total. The number of esters is 1. The lowest BCUT2D eigenvalue weighted by Gasteiger charge is -2.42. The molecule has 3 heterocycles. The maximum absolute atomic E-state index is 12.8. The maximum atomic E-state index is 12.8. The first-order valence-electron chi connectivity index (χ1n) is 14.5. The van der Waals surface area contributed by atoms with Gasteiger partial charge in [0.05, 0.1) is 43.8 Å². The number of carbonyl (C=O) groups is 2. The number of carboxylic acid groups (broad SMARTS) is 1. The largest absolute Gasteiger partial charge is 0.477 e. The number of carboxylic acids is 1. The summed E-state index contributed by atoms with van der Waals surface area (Å²) in [4.78, 5) is 29.8. The summed E-state index contributed by atoms with van der Waals surface area (Å²) in [7, 11) is 1.17. The van der Waals surface area contributed by atoms with Gasteiger partial charge >= 0.3 is 11.9 Å². The molecule has 0 aliphatic carbocycles. The van der Waals surface area contributed by atoms with E-state index in [4.69, 9.17) is 29.8 Å². The number of aliphatic hydroxyl groups excluding tert-OH is 6. The fourth-order valence-electron chi connectivity index (χ4n) is 5.17. The lowest BCUT2D eigenvalue weighted by atomic mass is 9.83. The van der Waals surface area contributed by atoms with E-state index in [0.717, 1.165) is 6.26 Å². The first kappa shape index (κ1) is 36.8. The van der Waals surface area contributed by atoms with Gasteiger partial charge in [-0.2, -0.15) is 0 Å². The number of aliphatic imine (C=N–C) groups is 1. The van der Waals surface area contributed by atoms with Gasteiger partial charge in [0.1, 0.15) is 49.3 Å². The molecule has 0 aromatic carbocycles. The molecule has 0 aromatic heterocycles. The number of rotatable bonds is 14. The molecule has 0 spiro atoms. The predicted molar refractivity (Wildman–Crippen MR) is 158 cm³/mol. The average molecular weight is 656 g/mol. The second kappa shape index (κ2) is 17.3. The van der Waals surface area contributed by atoms with E-state index in [1.54, 1.807) is 12.2 Å². The lowest BCUT2D eigenvalue weighted by molar-refractivity contribution is -0.843. The summed E-state index contributed by atoms with van der Waals surface area (Å²) in [6.45, 7) is 3.39. The SMILES string of the molecule is C=C[C@H]1[C@H](O[C@@H]2O[C@H](CO)[C@@H](O)[C@H](O)[C@H]2O)OC=C(C(=O)OC)[C@H]1/C=C/C1=C(NC(N)=NCCCO)C(C(=O)O)=C[NH+](CCO)C1. The van der Waals surface area contributed by atoms with Crippen molar-refractivity contribution in [3.8, 4) is 0 Å². The molecule has 1 saturated heterocycles. The molecule has 17 heteroatoms. The molecule has 0 bridgehead atoms. The van der Waals surface area contributed by atoms with Crippen LogP contribution in [0.15, 0.2) is 64.7 Å². The van der Waals surface area contributed by atoms with Crippen molar-refractivity contribution in [3.63, 3.8) is 0 Å². The molecule has 1 unspecified atom stereocenters. The molecular formula is C29H43N4O13+. The van der Waals surface area contributed by atoms with E-state index >= 15 is 0 Å². The number of quaternary nitrogens is 1. The van der Waals surface area contributed by atoms with Gasteiger partial charge in [-0.3, -0.25) is 4.99 Å². The second-order valence-electron chi connectivity index (χ2n) is 10.6. The third kappa shape index (κ3) is 8.78. The fourth-order valence-corrected chi connectivity index (χ4v) is 5.17. The van der Waals surface area contributed by atoms with Crippen LogP contribution in [0.25, 0.3) is 0 Å². The molecular weight excluding hydrogens is 612 g/mol. The van der Waals surface area contributed by atoms with E-state index in [0.29, 0.717) is 16.9 Å². The third-order valence-corrected chi connectivity index (χ3v) is 7.60. The first-order valence-corrected chi connectivity index (χ1v) is 14.5. The molecule has 9 atom stereocenters. The van der Waals surface area contributed by atoms with E-state index in [1.807, 2.05) is 0 Å². The van der Waals surface area contributed by atoms with E-state index in [-0.39, 0.29) is 55.7 Å². The number of nitrogens with one attached hydrogen (secondary N) is 2. The molecule has 256 valence electrons. The van der Waals surface area contributed by atoms with Gasteiger partial charge < -0.3 is 70.6 Å².